The van der Waals surface area contributed by atoms with E-state index in [2.05, 4.69) is 61.1 Å². The monoisotopic (exact) mass is 260 g/mol. The summed E-state index contributed by atoms with van der Waals surface area (Å²) in [5, 5.41) is 4.85. The van der Waals surface area contributed by atoms with Crippen molar-refractivity contribution in [2.45, 2.75) is 46.5 Å². The molecule has 0 radical (unpaired) electrons. The van der Waals surface area contributed by atoms with Crippen molar-refractivity contribution in [1.29, 1.82) is 0 Å². The summed E-state index contributed by atoms with van der Waals surface area (Å²) in [5.74, 6) is 0. The first-order valence-corrected chi connectivity index (χ1v) is 6.91. The van der Waals surface area contributed by atoms with E-state index >= 15 is 0 Å². The van der Waals surface area contributed by atoms with E-state index in [9.17, 15) is 0 Å². The second kappa shape index (κ2) is 5.76. The molecule has 2 rings (SSSR count). The maximum absolute atomic E-state index is 5.53. The molecule has 1 aromatic carbocycles. The molecule has 1 aromatic heterocycles. The Morgan fingerprint density at radius 2 is 1.95 bits per heavy atom. The Hall–Kier alpha value is -1.32. The van der Waals surface area contributed by atoms with E-state index in [4.69, 9.17) is 4.74 Å². The molecule has 0 aliphatic rings. The Morgan fingerprint density at radius 1 is 1.21 bits per heavy atom. The van der Waals surface area contributed by atoms with Gasteiger partial charge in [-0.05, 0) is 39.3 Å². The second-order valence-electron chi connectivity index (χ2n) is 5.87. The third-order valence-electron chi connectivity index (χ3n) is 3.11. The lowest BCUT2D eigenvalue weighted by atomic mass is 10.1. The van der Waals surface area contributed by atoms with Crippen molar-refractivity contribution in [2.24, 2.45) is 0 Å². The fraction of sp³-hybridized carbons (Fsp3) is 0.500. The van der Waals surface area contributed by atoms with Crippen LogP contribution in [0.25, 0.3) is 10.9 Å². The molecule has 0 saturated carbocycles. The number of para-hydroxylation sites is 1. The van der Waals surface area contributed by atoms with Crippen LogP contribution in [-0.4, -0.2) is 16.7 Å². The van der Waals surface area contributed by atoms with Crippen LogP contribution in [0, 0.1) is 0 Å². The average Bonchev–Trinajstić information content (AvgIpc) is 2.72. The fourth-order valence-electron chi connectivity index (χ4n) is 2.12. The largest absolute Gasteiger partial charge is 0.361 e. The topological polar surface area (TPSA) is 26.2 Å². The van der Waals surface area contributed by atoms with Gasteiger partial charge in [0.05, 0.1) is 5.52 Å². The van der Waals surface area contributed by atoms with E-state index in [0.29, 0.717) is 6.73 Å². The minimum atomic E-state index is 0.128. The molecule has 0 bridgehead atoms. The number of fused-ring (bicyclic) bond motifs is 1. The van der Waals surface area contributed by atoms with Crippen molar-refractivity contribution in [1.82, 2.24) is 9.88 Å². The van der Waals surface area contributed by atoms with Gasteiger partial charge < -0.3 is 14.6 Å². The van der Waals surface area contributed by atoms with Crippen molar-refractivity contribution in [3.05, 3.63) is 36.0 Å². The van der Waals surface area contributed by atoms with Crippen molar-refractivity contribution in [3.8, 4) is 0 Å². The van der Waals surface area contributed by atoms with Gasteiger partial charge in [-0.1, -0.05) is 18.2 Å². The Balaban J connectivity index is 2.28. The standard InChI is InChI=1S/C16H24N2O/c1-5-19-12-18-11-13(10-17-16(2,3)4)14-8-6-7-9-15(14)18/h6-9,11,17H,5,10,12H2,1-4H3. The molecule has 0 spiro atoms. The van der Waals surface area contributed by atoms with Gasteiger partial charge in [-0.2, -0.15) is 0 Å². The van der Waals surface area contributed by atoms with Gasteiger partial charge in [-0.25, -0.2) is 0 Å². The van der Waals surface area contributed by atoms with Gasteiger partial charge in [0, 0.05) is 30.3 Å². The summed E-state index contributed by atoms with van der Waals surface area (Å²) in [6, 6.07) is 8.49. The fourth-order valence-corrected chi connectivity index (χ4v) is 2.12. The van der Waals surface area contributed by atoms with Crippen LogP contribution >= 0.6 is 0 Å². The summed E-state index contributed by atoms with van der Waals surface area (Å²) in [6.45, 7) is 10.8. The smallest absolute Gasteiger partial charge is 0.122 e. The summed E-state index contributed by atoms with van der Waals surface area (Å²) in [6.07, 6.45) is 2.19. The number of rotatable bonds is 5. The molecule has 3 nitrogen and oxygen atoms in total. The average molecular weight is 260 g/mol. The van der Waals surface area contributed by atoms with Crippen molar-refractivity contribution < 1.29 is 4.74 Å². The van der Waals surface area contributed by atoms with E-state index in [-0.39, 0.29) is 5.54 Å². The molecular formula is C16H24N2O. The Labute approximate surface area is 115 Å². The predicted octanol–water partition coefficient (Wildman–Crippen LogP) is 3.52. The minimum Gasteiger partial charge on any atom is -0.361 e. The third kappa shape index (κ3) is 3.58. The van der Waals surface area contributed by atoms with Crippen LogP contribution in [-0.2, 0) is 18.0 Å². The summed E-state index contributed by atoms with van der Waals surface area (Å²) in [7, 11) is 0. The third-order valence-corrected chi connectivity index (χ3v) is 3.11. The molecule has 0 aliphatic carbocycles. The number of hydrogen-bond donors (Lipinski definition) is 1. The number of aromatic nitrogens is 1. The molecule has 0 atom stereocenters. The van der Waals surface area contributed by atoms with E-state index in [1.54, 1.807) is 0 Å². The van der Waals surface area contributed by atoms with Crippen LogP contribution in [0.3, 0.4) is 0 Å². The van der Waals surface area contributed by atoms with Crippen LogP contribution in [0.1, 0.15) is 33.3 Å². The van der Waals surface area contributed by atoms with Crippen LogP contribution in [0.5, 0.6) is 0 Å². The highest BCUT2D eigenvalue weighted by molar-refractivity contribution is 5.83. The summed E-state index contributed by atoms with van der Waals surface area (Å²) < 4.78 is 7.71. The summed E-state index contributed by atoms with van der Waals surface area (Å²) in [5.41, 5.74) is 2.69. The highest BCUT2D eigenvalue weighted by atomic mass is 16.5. The highest BCUT2D eigenvalue weighted by Gasteiger charge is 2.12. The first kappa shape index (κ1) is 14.1. The zero-order chi connectivity index (χ0) is 13.9. The van der Waals surface area contributed by atoms with Crippen LogP contribution in [0.15, 0.2) is 30.5 Å². The van der Waals surface area contributed by atoms with E-state index in [0.717, 1.165) is 13.2 Å². The van der Waals surface area contributed by atoms with Crippen LogP contribution in [0.4, 0.5) is 0 Å². The van der Waals surface area contributed by atoms with Gasteiger partial charge in [0.1, 0.15) is 6.73 Å². The number of nitrogens with one attached hydrogen (secondary N) is 1. The first-order chi connectivity index (χ1) is 9.01. The van der Waals surface area contributed by atoms with Gasteiger partial charge in [-0.3, -0.25) is 0 Å². The lowest BCUT2D eigenvalue weighted by Gasteiger charge is -2.20. The van der Waals surface area contributed by atoms with Crippen molar-refractivity contribution >= 4 is 10.9 Å². The molecule has 1 heterocycles. The number of benzene rings is 1. The van der Waals surface area contributed by atoms with Crippen LogP contribution in [0.2, 0.25) is 0 Å². The van der Waals surface area contributed by atoms with Crippen molar-refractivity contribution in [2.75, 3.05) is 6.61 Å². The van der Waals surface area contributed by atoms with Crippen LogP contribution < -0.4 is 5.32 Å². The lowest BCUT2D eigenvalue weighted by molar-refractivity contribution is 0.0908. The zero-order valence-corrected chi connectivity index (χ0v) is 12.4. The molecule has 1 N–H and O–H groups in total. The molecule has 0 amide bonds. The quantitative estimate of drug-likeness (QED) is 0.890. The number of ether oxygens (including phenoxy) is 1. The maximum Gasteiger partial charge on any atom is 0.122 e. The summed E-state index contributed by atoms with van der Waals surface area (Å²) >= 11 is 0. The summed E-state index contributed by atoms with van der Waals surface area (Å²) in [4.78, 5) is 0. The normalized spacial score (nSPS) is 12.2. The van der Waals surface area contributed by atoms with Gasteiger partial charge in [0.25, 0.3) is 0 Å². The Morgan fingerprint density at radius 3 is 2.63 bits per heavy atom. The highest BCUT2D eigenvalue weighted by Crippen LogP contribution is 2.22. The lowest BCUT2D eigenvalue weighted by Crippen LogP contribution is -2.34. The van der Waals surface area contributed by atoms with E-state index in [1.807, 2.05) is 6.92 Å². The van der Waals surface area contributed by atoms with Gasteiger partial charge in [0.2, 0.25) is 0 Å². The minimum absolute atomic E-state index is 0.128. The zero-order valence-electron chi connectivity index (χ0n) is 12.4. The molecule has 2 aromatic rings. The number of nitrogens with zero attached hydrogens (tertiary/aromatic N) is 1. The second-order valence-corrected chi connectivity index (χ2v) is 5.87. The van der Waals surface area contributed by atoms with Gasteiger partial charge in [-0.15, -0.1) is 0 Å². The molecule has 104 valence electrons. The SMILES string of the molecule is CCOCn1cc(CNC(C)(C)C)c2ccccc21. The van der Waals surface area contributed by atoms with Crippen molar-refractivity contribution in [3.63, 3.8) is 0 Å². The first-order valence-electron chi connectivity index (χ1n) is 6.91. The Kier molecular flexibility index (Phi) is 4.27. The number of hydrogen-bond acceptors (Lipinski definition) is 2. The molecule has 0 saturated heterocycles. The van der Waals surface area contributed by atoms with Gasteiger partial charge >= 0.3 is 0 Å². The van der Waals surface area contributed by atoms with E-state index < -0.39 is 0 Å². The molecule has 0 fully saturated rings. The molecule has 3 heteroatoms. The molecule has 0 aliphatic heterocycles. The Bertz CT molecular complexity index is 537. The molecular weight excluding hydrogens is 236 g/mol. The molecule has 0 unspecified atom stereocenters. The van der Waals surface area contributed by atoms with Gasteiger partial charge in [0.15, 0.2) is 0 Å². The molecule has 19 heavy (non-hydrogen) atoms. The van der Waals surface area contributed by atoms with E-state index in [1.165, 1.54) is 16.5 Å². The predicted molar refractivity (Wildman–Crippen MR) is 80.2 cm³/mol. The maximum atomic E-state index is 5.53.